The molecule has 0 spiro atoms. The van der Waals surface area contributed by atoms with E-state index in [0.717, 1.165) is 12.5 Å². The Morgan fingerprint density at radius 3 is 2.42 bits per heavy atom. The zero-order chi connectivity index (χ0) is 8.97. The molecule has 0 aliphatic heterocycles. The summed E-state index contributed by atoms with van der Waals surface area (Å²) >= 11 is 0. The van der Waals surface area contributed by atoms with Crippen LogP contribution in [-0.4, -0.2) is 25.8 Å². The molecule has 72 valence electrons. The Hall–Kier alpha value is -0.0800. The van der Waals surface area contributed by atoms with Crippen molar-refractivity contribution in [2.24, 2.45) is 5.92 Å². The quantitative estimate of drug-likeness (QED) is 0.681. The molecule has 0 amide bonds. The Labute approximate surface area is 75.7 Å². The molecule has 0 aromatic rings. The molecular weight excluding hydrogens is 150 g/mol. The van der Waals surface area contributed by atoms with E-state index in [0.29, 0.717) is 12.1 Å². The third-order valence-corrected chi connectivity index (χ3v) is 2.70. The minimum absolute atomic E-state index is 0.362. The van der Waals surface area contributed by atoms with Gasteiger partial charge in [0.15, 0.2) is 0 Å². The molecule has 1 saturated carbocycles. The Morgan fingerprint density at radius 1 is 1.42 bits per heavy atom. The molecule has 0 bridgehead atoms. The van der Waals surface area contributed by atoms with Gasteiger partial charge in [0, 0.05) is 6.04 Å². The summed E-state index contributed by atoms with van der Waals surface area (Å²) in [4.78, 5) is 0. The van der Waals surface area contributed by atoms with Crippen LogP contribution in [0.15, 0.2) is 0 Å². The van der Waals surface area contributed by atoms with Gasteiger partial charge >= 0.3 is 0 Å². The molecule has 0 heterocycles. The van der Waals surface area contributed by atoms with Gasteiger partial charge in [0.05, 0.1) is 12.7 Å². The third-order valence-electron chi connectivity index (χ3n) is 2.70. The van der Waals surface area contributed by atoms with Gasteiger partial charge in [-0.25, -0.2) is 0 Å². The Bertz CT molecular complexity index is 121. The number of hydrogen-bond donors (Lipinski definition) is 1. The molecule has 0 radical (unpaired) electrons. The average Bonchev–Trinajstić information content (AvgIpc) is 1.93. The van der Waals surface area contributed by atoms with Crippen LogP contribution >= 0.6 is 0 Å². The normalized spacial score (nSPS) is 21.0. The summed E-state index contributed by atoms with van der Waals surface area (Å²) in [6.45, 7) is 5.06. The Morgan fingerprint density at radius 2 is 2.08 bits per heavy atom. The predicted octanol–water partition coefficient (Wildman–Crippen LogP) is 1.80. The molecule has 12 heavy (non-hydrogen) atoms. The summed E-state index contributed by atoms with van der Waals surface area (Å²) < 4.78 is 5.59. The monoisotopic (exact) mass is 171 g/mol. The van der Waals surface area contributed by atoms with Gasteiger partial charge in [-0.1, -0.05) is 6.42 Å². The maximum atomic E-state index is 5.59. The number of nitrogens with one attached hydrogen (secondary N) is 1. The second kappa shape index (κ2) is 4.83. The topological polar surface area (TPSA) is 21.3 Å². The van der Waals surface area contributed by atoms with Crippen LogP contribution < -0.4 is 5.32 Å². The fourth-order valence-electron chi connectivity index (χ4n) is 1.59. The fraction of sp³-hybridized carbons (Fsp3) is 1.00. The molecular formula is C10H21NO. The van der Waals surface area contributed by atoms with Crippen LogP contribution in [-0.2, 0) is 4.74 Å². The van der Waals surface area contributed by atoms with E-state index in [1.54, 1.807) is 0 Å². The number of likely N-dealkylation sites (N-methyl/N-ethyl adjacent to an activating group) is 1. The van der Waals surface area contributed by atoms with Crippen molar-refractivity contribution in [3.05, 3.63) is 0 Å². The highest BCUT2D eigenvalue weighted by atomic mass is 16.5. The molecule has 1 unspecified atom stereocenters. The lowest BCUT2D eigenvalue weighted by atomic mass is 9.80. The molecule has 1 aliphatic carbocycles. The Kier molecular flexibility index (Phi) is 4.02. The van der Waals surface area contributed by atoms with Crippen molar-refractivity contribution in [3.8, 4) is 0 Å². The molecule has 2 nitrogen and oxygen atoms in total. The van der Waals surface area contributed by atoms with Crippen LogP contribution in [0.25, 0.3) is 0 Å². The van der Waals surface area contributed by atoms with Crippen LogP contribution in [0.4, 0.5) is 0 Å². The van der Waals surface area contributed by atoms with Gasteiger partial charge in [-0.15, -0.1) is 0 Å². The van der Waals surface area contributed by atoms with Gasteiger partial charge in [0.25, 0.3) is 0 Å². The first-order chi connectivity index (χ1) is 5.74. The van der Waals surface area contributed by atoms with Crippen molar-refractivity contribution in [2.75, 3.05) is 13.7 Å². The maximum Gasteiger partial charge on any atom is 0.0625 e. The number of ether oxygens (including phenoxy) is 1. The molecule has 0 aromatic heterocycles. The van der Waals surface area contributed by atoms with Crippen molar-refractivity contribution < 1.29 is 4.74 Å². The molecule has 1 N–H and O–H groups in total. The van der Waals surface area contributed by atoms with Crippen LogP contribution in [0.1, 0.15) is 33.1 Å². The second-order valence-corrected chi connectivity index (χ2v) is 3.97. The van der Waals surface area contributed by atoms with Crippen molar-refractivity contribution >= 4 is 0 Å². The van der Waals surface area contributed by atoms with E-state index in [4.69, 9.17) is 4.74 Å². The highest BCUT2D eigenvalue weighted by Crippen LogP contribution is 2.29. The molecule has 1 fully saturated rings. The highest BCUT2D eigenvalue weighted by molar-refractivity contribution is 4.81. The van der Waals surface area contributed by atoms with Crippen LogP contribution in [0.2, 0.25) is 0 Å². The van der Waals surface area contributed by atoms with Crippen LogP contribution in [0.5, 0.6) is 0 Å². The van der Waals surface area contributed by atoms with Gasteiger partial charge in [-0.2, -0.15) is 0 Å². The van der Waals surface area contributed by atoms with Gasteiger partial charge < -0.3 is 10.1 Å². The zero-order valence-corrected chi connectivity index (χ0v) is 8.47. The molecule has 0 aromatic carbocycles. The lowest BCUT2D eigenvalue weighted by Crippen LogP contribution is -2.41. The first-order valence-electron chi connectivity index (χ1n) is 5.03. The van der Waals surface area contributed by atoms with Crippen molar-refractivity contribution in [3.63, 3.8) is 0 Å². The number of rotatable bonds is 5. The first-order valence-corrected chi connectivity index (χ1v) is 5.03. The second-order valence-electron chi connectivity index (χ2n) is 3.97. The van der Waals surface area contributed by atoms with Crippen LogP contribution in [0, 0.1) is 5.92 Å². The largest absolute Gasteiger partial charge is 0.377 e. The fourth-order valence-corrected chi connectivity index (χ4v) is 1.59. The van der Waals surface area contributed by atoms with E-state index in [2.05, 4.69) is 19.2 Å². The van der Waals surface area contributed by atoms with E-state index in [1.165, 1.54) is 19.3 Å². The van der Waals surface area contributed by atoms with E-state index in [1.807, 2.05) is 7.05 Å². The zero-order valence-electron chi connectivity index (χ0n) is 8.47. The predicted molar refractivity (Wildman–Crippen MR) is 51.3 cm³/mol. The smallest absolute Gasteiger partial charge is 0.0625 e. The summed E-state index contributed by atoms with van der Waals surface area (Å²) in [6.07, 6.45) is 4.53. The number of hydrogen-bond acceptors (Lipinski definition) is 2. The van der Waals surface area contributed by atoms with E-state index in [-0.39, 0.29) is 0 Å². The summed E-state index contributed by atoms with van der Waals surface area (Å²) in [6, 6.07) is 0.584. The highest BCUT2D eigenvalue weighted by Gasteiger charge is 2.26. The van der Waals surface area contributed by atoms with E-state index >= 15 is 0 Å². The summed E-state index contributed by atoms with van der Waals surface area (Å²) in [5.74, 6) is 0.869. The summed E-state index contributed by atoms with van der Waals surface area (Å²) in [7, 11) is 2.03. The van der Waals surface area contributed by atoms with Crippen LogP contribution in [0.3, 0.4) is 0 Å². The molecule has 2 heteroatoms. The molecule has 1 aliphatic rings. The Balaban J connectivity index is 2.15. The van der Waals surface area contributed by atoms with Gasteiger partial charge in [0.1, 0.15) is 0 Å². The van der Waals surface area contributed by atoms with E-state index < -0.39 is 0 Å². The minimum Gasteiger partial charge on any atom is -0.377 e. The van der Waals surface area contributed by atoms with Gasteiger partial charge in [0.2, 0.25) is 0 Å². The van der Waals surface area contributed by atoms with Gasteiger partial charge in [-0.3, -0.25) is 0 Å². The molecule has 0 saturated heterocycles. The molecule has 1 atom stereocenters. The van der Waals surface area contributed by atoms with Crippen molar-refractivity contribution in [2.45, 2.75) is 45.3 Å². The van der Waals surface area contributed by atoms with Gasteiger partial charge in [-0.05, 0) is 39.7 Å². The summed E-state index contributed by atoms with van der Waals surface area (Å²) in [5, 5.41) is 3.33. The lowest BCUT2D eigenvalue weighted by molar-refractivity contribution is 0.0385. The maximum absolute atomic E-state index is 5.59. The first kappa shape index (κ1) is 10.0. The van der Waals surface area contributed by atoms with Crippen molar-refractivity contribution in [1.82, 2.24) is 5.32 Å². The third kappa shape index (κ3) is 2.76. The summed E-state index contributed by atoms with van der Waals surface area (Å²) in [5.41, 5.74) is 0. The minimum atomic E-state index is 0.362. The van der Waals surface area contributed by atoms with Crippen molar-refractivity contribution in [1.29, 1.82) is 0 Å². The average molecular weight is 171 g/mol. The lowest BCUT2D eigenvalue weighted by Gasteiger charge is -2.33. The molecule has 1 rings (SSSR count). The SMILES string of the molecule is CNC(COC(C)C)C1CCC1. The van der Waals surface area contributed by atoms with E-state index in [9.17, 15) is 0 Å². The standard InChI is InChI=1S/C10H21NO/c1-8(2)12-7-10(11-3)9-5-4-6-9/h8-11H,4-7H2,1-3H3.